The Balaban J connectivity index is 1.60. The van der Waals surface area contributed by atoms with Crippen LogP contribution in [0.25, 0.3) is 0 Å². The van der Waals surface area contributed by atoms with E-state index in [1.807, 2.05) is 0 Å². The van der Waals surface area contributed by atoms with Gasteiger partial charge in [0, 0.05) is 42.6 Å². The van der Waals surface area contributed by atoms with E-state index in [9.17, 15) is 0 Å². The van der Waals surface area contributed by atoms with Crippen LogP contribution in [0.1, 0.15) is 31.7 Å². The van der Waals surface area contributed by atoms with Crippen molar-refractivity contribution in [1.29, 1.82) is 0 Å². The highest BCUT2D eigenvalue weighted by molar-refractivity contribution is 5.61. The van der Waals surface area contributed by atoms with E-state index in [-0.39, 0.29) is 11.2 Å². The molecule has 0 unspecified atom stereocenters. The third-order valence-electron chi connectivity index (χ3n) is 6.77. The van der Waals surface area contributed by atoms with Gasteiger partial charge in [-0.1, -0.05) is 25.1 Å². The van der Waals surface area contributed by atoms with Gasteiger partial charge in [0.1, 0.15) is 0 Å². The Kier molecular flexibility index (Phi) is 3.07. The van der Waals surface area contributed by atoms with Crippen molar-refractivity contribution in [3.63, 3.8) is 0 Å². The minimum Gasteiger partial charge on any atom is -0.384 e. The largest absolute Gasteiger partial charge is 0.384 e. The Bertz CT molecular complexity index is 613. The lowest BCUT2D eigenvalue weighted by molar-refractivity contribution is -0.236. The van der Waals surface area contributed by atoms with Crippen molar-refractivity contribution < 1.29 is 9.47 Å². The Morgan fingerprint density at radius 3 is 2.78 bits per heavy atom. The molecule has 4 aliphatic rings. The lowest BCUT2D eigenvalue weighted by Gasteiger charge is -2.51. The van der Waals surface area contributed by atoms with Crippen molar-refractivity contribution in [3.05, 3.63) is 29.8 Å². The quantitative estimate of drug-likeness (QED) is 0.864. The number of anilines is 1. The third-order valence-corrected chi connectivity index (χ3v) is 6.77. The molecule has 4 nitrogen and oxygen atoms in total. The summed E-state index contributed by atoms with van der Waals surface area (Å²) < 4.78 is 12.4. The zero-order valence-electron chi connectivity index (χ0n) is 13.9. The number of hydrogen-bond acceptors (Lipinski definition) is 4. The summed E-state index contributed by atoms with van der Waals surface area (Å²) >= 11 is 0. The van der Waals surface area contributed by atoms with E-state index in [1.165, 1.54) is 24.2 Å². The molecule has 0 radical (unpaired) electrons. The van der Waals surface area contributed by atoms with Crippen LogP contribution >= 0.6 is 0 Å². The summed E-state index contributed by atoms with van der Waals surface area (Å²) in [5.74, 6) is 0.124. The van der Waals surface area contributed by atoms with E-state index >= 15 is 0 Å². The van der Waals surface area contributed by atoms with E-state index < -0.39 is 0 Å². The number of hydrogen-bond donors (Lipinski definition) is 1. The summed E-state index contributed by atoms with van der Waals surface area (Å²) in [4.78, 5) is 2.72. The van der Waals surface area contributed by atoms with E-state index in [1.54, 1.807) is 0 Å². The van der Waals surface area contributed by atoms with Gasteiger partial charge in [-0.3, -0.25) is 4.90 Å². The second kappa shape index (κ2) is 4.95. The maximum atomic E-state index is 6.21. The zero-order chi connectivity index (χ0) is 15.5. The molecule has 4 heterocycles. The number of ether oxygens (including phenoxy) is 2. The second-order valence-corrected chi connectivity index (χ2v) is 7.56. The molecule has 0 saturated carbocycles. The molecule has 1 N–H and O–H groups in total. The van der Waals surface area contributed by atoms with Crippen LogP contribution in [-0.4, -0.2) is 49.6 Å². The summed E-state index contributed by atoms with van der Waals surface area (Å²) in [7, 11) is 0. The number of nitrogens with one attached hydrogen (secondary N) is 1. The fourth-order valence-electron chi connectivity index (χ4n) is 5.87. The van der Waals surface area contributed by atoms with Crippen LogP contribution in [-0.2, 0) is 14.9 Å². The first-order valence-electron chi connectivity index (χ1n) is 9.14. The highest BCUT2D eigenvalue weighted by atomic mass is 16.7. The fraction of sp³-hybridized carbons (Fsp3) is 0.684. The van der Waals surface area contributed by atoms with Gasteiger partial charge in [-0.05, 0) is 31.0 Å². The molecule has 0 aromatic heterocycles. The first-order chi connectivity index (χ1) is 11.3. The van der Waals surface area contributed by atoms with Gasteiger partial charge in [0.05, 0.1) is 13.2 Å². The minimum absolute atomic E-state index is 0.222. The monoisotopic (exact) mass is 314 g/mol. The molecule has 0 bridgehead atoms. The highest BCUT2D eigenvalue weighted by Crippen LogP contribution is 2.55. The van der Waals surface area contributed by atoms with E-state index in [2.05, 4.69) is 41.4 Å². The zero-order valence-corrected chi connectivity index (χ0v) is 13.9. The summed E-state index contributed by atoms with van der Waals surface area (Å²) in [6.45, 7) is 7.18. The van der Waals surface area contributed by atoms with Crippen LogP contribution in [0.5, 0.6) is 0 Å². The molecule has 2 spiro atoms. The Hall–Kier alpha value is -1.10. The fourth-order valence-corrected chi connectivity index (χ4v) is 5.87. The van der Waals surface area contributed by atoms with Crippen LogP contribution in [0.3, 0.4) is 0 Å². The smallest absolute Gasteiger partial charge is 0.174 e. The Labute approximate surface area is 138 Å². The van der Waals surface area contributed by atoms with E-state index in [0.717, 1.165) is 39.1 Å². The second-order valence-electron chi connectivity index (χ2n) is 7.56. The maximum absolute atomic E-state index is 6.21. The third kappa shape index (κ3) is 1.77. The van der Waals surface area contributed by atoms with Gasteiger partial charge < -0.3 is 14.8 Å². The van der Waals surface area contributed by atoms with Crippen molar-refractivity contribution in [1.82, 2.24) is 4.90 Å². The van der Waals surface area contributed by atoms with Crippen LogP contribution < -0.4 is 5.32 Å². The normalized spacial score (nSPS) is 38.0. The van der Waals surface area contributed by atoms with E-state index in [4.69, 9.17) is 9.47 Å². The molecular formula is C19H26N2O2. The van der Waals surface area contributed by atoms with Gasteiger partial charge in [-0.15, -0.1) is 0 Å². The van der Waals surface area contributed by atoms with Crippen LogP contribution in [0.4, 0.5) is 5.69 Å². The molecule has 124 valence electrons. The summed E-state index contributed by atoms with van der Waals surface area (Å²) in [6, 6.07) is 9.42. The number of nitrogens with zero attached hydrogens (tertiary/aromatic N) is 1. The molecule has 3 saturated heterocycles. The maximum Gasteiger partial charge on any atom is 0.174 e. The number of para-hydroxylation sites is 1. The van der Waals surface area contributed by atoms with E-state index in [0.29, 0.717) is 12.0 Å². The highest BCUT2D eigenvalue weighted by Gasteiger charge is 2.62. The number of benzene rings is 1. The standard InChI is InChI=1S/C19H26N2O2/c1-2-14-17-18(13-20-16-6-4-3-5-15(16)18)7-9-21(17)10-8-19(14)22-11-12-23-19/h3-6,14,17,20H,2,7-13H2,1H3/t14-,17+,18+/m1/s1. The molecule has 0 aliphatic carbocycles. The van der Waals surface area contributed by atoms with Crippen molar-refractivity contribution in [2.24, 2.45) is 5.92 Å². The molecule has 23 heavy (non-hydrogen) atoms. The number of fused-ring (bicyclic) bond motifs is 4. The lowest BCUT2D eigenvalue weighted by atomic mass is 9.66. The molecule has 1 aromatic rings. The van der Waals surface area contributed by atoms with Crippen LogP contribution in [0, 0.1) is 5.92 Å². The average molecular weight is 314 g/mol. The number of piperidine rings is 1. The molecule has 4 aliphatic heterocycles. The molecule has 3 atom stereocenters. The topological polar surface area (TPSA) is 33.7 Å². The first-order valence-corrected chi connectivity index (χ1v) is 9.14. The Morgan fingerprint density at radius 2 is 1.96 bits per heavy atom. The SMILES string of the molecule is CC[C@@H]1[C@@H]2N(CCC13OCCO3)CC[C@@]21CNc2ccccc21. The van der Waals surface area contributed by atoms with Gasteiger partial charge in [0.15, 0.2) is 5.79 Å². The van der Waals surface area contributed by atoms with Gasteiger partial charge in [-0.2, -0.15) is 0 Å². The Morgan fingerprint density at radius 1 is 1.17 bits per heavy atom. The molecular weight excluding hydrogens is 288 g/mol. The van der Waals surface area contributed by atoms with Gasteiger partial charge in [-0.25, -0.2) is 0 Å². The predicted molar refractivity (Wildman–Crippen MR) is 89.6 cm³/mol. The van der Waals surface area contributed by atoms with Crippen molar-refractivity contribution in [2.45, 2.75) is 43.4 Å². The van der Waals surface area contributed by atoms with Crippen molar-refractivity contribution in [3.8, 4) is 0 Å². The van der Waals surface area contributed by atoms with Gasteiger partial charge in [0.2, 0.25) is 0 Å². The first kappa shape index (κ1) is 14.3. The molecule has 3 fully saturated rings. The summed E-state index contributed by atoms with van der Waals surface area (Å²) in [5, 5.41) is 3.68. The minimum atomic E-state index is -0.329. The van der Waals surface area contributed by atoms with Crippen LogP contribution in [0.15, 0.2) is 24.3 Å². The average Bonchev–Trinajstić information content (AvgIpc) is 3.29. The van der Waals surface area contributed by atoms with Crippen LogP contribution in [0.2, 0.25) is 0 Å². The lowest BCUT2D eigenvalue weighted by Crippen LogP contribution is -2.61. The molecule has 0 amide bonds. The van der Waals surface area contributed by atoms with Gasteiger partial charge in [0.25, 0.3) is 0 Å². The summed E-state index contributed by atoms with van der Waals surface area (Å²) in [5.41, 5.74) is 3.07. The summed E-state index contributed by atoms with van der Waals surface area (Å²) in [6.07, 6.45) is 3.38. The number of rotatable bonds is 1. The van der Waals surface area contributed by atoms with Crippen molar-refractivity contribution >= 4 is 5.69 Å². The molecule has 4 heteroatoms. The predicted octanol–water partition coefficient (Wildman–Crippen LogP) is 2.60. The molecule has 1 aromatic carbocycles. The molecule has 5 rings (SSSR count). The van der Waals surface area contributed by atoms with Gasteiger partial charge >= 0.3 is 0 Å². The van der Waals surface area contributed by atoms with Crippen molar-refractivity contribution in [2.75, 3.05) is 38.2 Å².